The number of rotatable bonds is 6. The number of hydrogen-bond acceptors (Lipinski definition) is 2. The summed E-state index contributed by atoms with van der Waals surface area (Å²) in [6, 6.07) is 9.51. The van der Waals surface area contributed by atoms with Crippen molar-refractivity contribution in [2.24, 2.45) is 17.8 Å². The Bertz CT molecular complexity index is 438. The second kappa shape index (κ2) is 7.74. The molecule has 1 aliphatic rings. The third-order valence-corrected chi connectivity index (χ3v) is 4.72. The highest BCUT2D eigenvalue weighted by Crippen LogP contribution is 2.35. The maximum atomic E-state index is 12.1. The van der Waals surface area contributed by atoms with Crippen LogP contribution in [0.25, 0.3) is 0 Å². The molecule has 1 aromatic carbocycles. The highest BCUT2D eigenvalue weighted by atomic mass is 16.5. The van der Waals surface area contributed by atoms with Gasteiger partial charge in [-0.15, -0.1) is 0 Å². The molecule has 2 heteroatoms. The average molecular weight is 288 g/mol. The minimum absolute atomic E-state index is 0.181. The van der Waals surface area contributed by atoms with E-state index in [1.165, 1.54) is 12.8 Å². The summed E-state index contributed by atoms with van der Waals surface area (Å²) >= 11 is 0. The van der Waals surface area contributed by atoms with Gasteiger partial charge in [-0.3, -0.25) is 4.79 Å². The standard InChI is InChI=1S/C19H28O2/c1-14(2)17-10-9-15(3)13-19(17)21-12-11-18(20)16-7-5-4-6-8-16/h4-8,14-15,17,19H,9-13H2,1-3H3. The fourth-order valence-electron chi connectivity index (χ4n) is 3.38. The molecular formula is C19H28O2. The predicted octanol–water partition coefficient (Wildman–Crippen LogP) is 4.74. The van der Waals surface area contributed by atoms with Crippen LogP contribution in [0.1, 0.15) is 56.8 Å². The summed E-state index contributed by atoms with van der Waals surface area (Å²) < 4.78 is 6.10. The van der Waals surface area contributed by atoms with Gasteiger partial charge in [0.1, 0.15) is 0 Å². The van der Waals surface area contributed by atoms with Gasteiger partial charge in [-0.2, -0.15) is 0 Å². The molecule has 0 aromatic heterocycles. The van der Waals surface area contributed by atoms with E-state index >= 15 is 0 Å². The van der Waals surface area contributed by atoms with Crippen molar-refractivity contribution in [3.63, 3.8) is 0 Å². The highest BCUT2D eigenvalue weighted by molar-refractivity contribution is 5.96. The lowest BCUT2D eigenvalue weighted by molar-refractivity contribution is -0.0372. The van der Waals surface area contributed by atoms with Gasteiger partial charge in [-0.25, -0.2) is 0 Å². The first-order chi connectivity index (χ1) is 10.1. The second-order valence-electron chi connectivity index (χ2n) is 6.77. The van der Waals surface area contributed by atoms with Crippen LogP contribution in [0.5, 0.6) is 0 Å². The maximum absolute atomic E-state index is 12.1. The van der Waals surface area contributed by atoms with Crippen molar-refractivity contribution in [2.75, 3.05) is 6.61 Å². The molecule has 0 radical (unpaired) electrons. The lowest BCUT2D eigenvalue weighted by Gasteiger charge is -2.37. The number of hydrogen-bond donors (Lipinski definition) is 0. The van der Waals surface area contributed by atoms with E-state index in [-0.39, 0.29) is 5.78 Å². The molecule has 0 bridgehead atoms. The van der Waals surface area contributed by atoms with E-state index in [9.17, 15) is 4.79 Å². The molecule has 2 rings (SSSR count). The van der Waals surface area contributed by atoms with E-state index in [1.54, 1.807) is 0 Å². The number of carbonyl (C=O) groups is 1. The lowest BCUT2D eigenvalue weighted by atomic mass is 9.75. The van der Waals surface area contributed by atoms with Gasteiger partial charge in [0.25, 0.3) is 0 Å². The van der Waals surface area contributed by atoms with Crippen LogP contribution in [0, 0.1) is 17.8 Å². The Morgan fingerprint density at radius 1 is 1.24 bits per heavy atom. The number of Topliss-reactive ketones (excluding diaryl/α,β-unsaturated/α-hetero) is 1. The molecule has 1 saturated carbocycles. The second-order valence-corrected chi connectivity index (χ2v) is 6.77. The molecule has 1 aliphatic carbocycles. The SMILES string of the molecule is CC1CCC(C(C)C)C(OCCC(=O)c2ccccc2)C1. The monoisotopic (exact) mass is 288 g/mol. The normalized spacial score (nSPS) is 26.0. The summed E-state index contributed by atoms with van der Waals surface area (Å²) in [6.07, 6.45) is 4.53. The highest BCUT2D eigenvalue weighted by Gasteiger charge is 2.31. The molecule has 0 spiro atoms. The first kappa shape index (κ1) is 16.2. The molecule has 1 fully saturated rings. The number of ketones is 1. The molecule has 21 heavy (non-hydrogen) atoms. The Labute approximate surface area is 128 Å². The molecule has 0 aliphatic heterocycles. The van der Waals surface area contributed by atoms with E-state index in [1.807, 2.05) is 30.3 Å². The van der Waals surface area contributed by atoms with E-state index in [0.29, 0.717) is 31.0 Å². The molecule has 3 unspecified atom stereocenters. The van der Waals surface area contributed by atoms with Crippen molar-refractivity contribution in [3.05, 3.63) is 35.9 Å². The molecule has 1 aromatic rings. The summed E-state index contributed by atoms with van der Waals surface area (Å²) in [6.45, 7) is 7.43. The van der Waals surface area contributed by atoms with Gasteiger partial charge in [-0.1, -0.05) is 57.5 Å². The van der Waals surface area contributed by atoms with Crippen LogP contribution in [0.3, 0.4) is 0 Å². The van der Waals surface area contributed by atoms with E-state index < -0.39 is 0 Å². The van der Waals surface area contributed by atoms with Crippen molar-refractivity contribution in [1.82, 2.24) is 0 Å². The van der Waals surface area contributed by atoms with Crippen molar-refractivity contribution in [1.29, 1.82) is 0 Å². The fraction of sp³-hybridized carbons (Fsp3) is 0.632. The molecule has 3 atom stereocenters. The Kier molecular flexibility index (Phi) is 5.98. The smallest absolute Gasteiger partial charge is 0.165 e. The van der Waals surface area contributed by atoms with E-state index in [4.69, 9.17) is 4.74 Å². The van der Waals surface area contributed by atoms with Crippen LogP contribution in [0.4, 0.5) is 0 Å². The Morgan fingerprint density at radius 2 is 1.95 bits per heavy atom. The average Bonchev–Trinajstić information content (AvgIpc) is 2.48. The molecule has 2 nitrogen and oxygen atoms in total. The largest absolute Gasteiger partial charge is 0.377 e. The third kappa shape index (κ3) is 4.67. The topological polar surface area (TPSA) is 26.3 Å². The Morgan fingerprint density at radius 3 is 2.62 bits per heavy atom. The zero-order valence-electron chi connectivity index (χ0n) is 13.5. The first-order valence-corrected chi connectivity index (χ1v) is 8.27. The van der Waals surface area contributed by atoms with Gasteiger partial charge < -0.3 is 4.74 Å². The van der Waals surface area contributed by atoms with Gasteiger partial charge in [-0.05, 0) is 30.6 Å². The minimum Gasteiger partial charge on any atom is -0.377 e. The Hall–Kier alpha value is -1.15. The number of carbonyl (C=O) groups excluding carboxylic acids is 1. The van der Waals surface area contributed by atoms with Crippen LogP contribution < -0.4 is 0 Å². The summed E-state index contributed by atoms with van der Waals surface area (Å²) in [5.74, 6) is 2.23. The van der Waals surface area contributed by atoms with Crippen LogP contribution in [0.15, 0.2) is 30.3 Å². The molecule has 0 amide bonds. The van der Waals surface area contributed by atoms with Gasteiger partial charge in [0, 0.05) is 12.0 Å². The third-order valence-electron chi connectivity index (χ3n) is 4.72. The molecular weight excluding hydrogens is 260 g/mol. The van der Waals surface area contributed by atoms with E-state index in [0.717, 1.165) is 17.9 Å². The molecule has 0 saturated heterocycles. The van der Waals surface area contributed by atoms with Gasteiger partial charge in [0.15, 0.2) is 5.78 Å². The van der Waals surface area contributed by atoms with Crippen LogP contribution in [-0.2, 0) is 4.74 Å². The van der Waals surface area contributed by atoms with Crippen LogP contribution >= 0.6 is 0 Å². The van der Waals surface area contributed by atoms with Gasteiger partial charge >= 0.3 is 0 Å². The summed E-state index contributed by atoms with van der Waals surface area (Å²) in [7, 11) is 0. The van der Waals surface area contributed by atoms with Gasteiger partial charge in [0.2, 0.25) is 0 Å². The number of ether oxygens (including phenoxy) is 1. The van der Waals surface area contributed by atoms with Crippen molar-refractivity contribution < 1.29 is 9.53 Å². The van der Waals surface area contributed by atoms with Crippen molar-refractivity contribution in [2.45, 2.75) is 52.6 Å². The summed E-state index contributed by atoms with van der Waals surface area (Å²) in [4.78, 5) is 12.1. The van der Waals surface area contributed by atoms with E-state index in [2.05, 4.69) is 20.8 Å². The zero-order valence-corrected chi connectivity index (χ0v) is 13.5. The fourth-order valence-corrected chi connectivity index (χ4v) is 3.38. The van der Waals surface area contributed by atoms with Crippen LogP contribution in [-0.4, -0.2) is 18.5 Å². The molecule has 0 heterocycles. The lowest BCUT2D eigenvalue weighted by Crippen LogP contribution is -2.34. The summed E-state index contributed by atoms with van der Waals surface area (Å²) in [5.41, 5.74) is 0.790. The minimum atomic E-state index is 0.181. The number of benzene rings is 1. The zero-order chi connectivity index (χ0) is 15.2. The van der Waals surface area contributed by atoms with Gasteiger partial charge in [0.05, 0.1) is 12.7 Å². The first-order valence-electron chi connectivity index (χ1n) is 8.27. The Balaban J connectivity index is 1.82. The van der Waals surface area contributed by atoms with Crippen molar-refractivity contribution in [3.8, 4) is 0 Å². The molecule has 0 N–H and O–H groups in total. The van der Waals surface area contributed by atoms with Crippen LogP contribution in [0.2, 0.25) is 0 Å². The maximum Gasteiger partial charge on any atom is 0.165 e. The van der Waals surface area contributed by atoms with Crippen molar-refractivity contribution >= 4 is 5.78 Å². The molecule has 116 valence electrons. The predicted molar refractivity (Wildman–Crippen MR) is 86.5 cm³/mol. The quantitative estimate of drug-likeness (QED) is 0.707. The summed E-state index contributed by atoms with van der Waals surface area (Å²) in [5, 5.41) is 0.